The van der Waals surface area contributed by atoms with Gasteiger partial charge in [0.25, 0.3) is 0 Å². The van der Waals surface area contributed by atoms with Crippen molar-refractivity contribution in [2.24, 2.45) is 0 Å². The molecule has 0 aliphatic rings. The zero-order valence-corrected chi connectivity index (χ0v) is 11.1. The monoisotopic (exact) mass is 239 g/mol. The van der Waals surface area contributed by atoms with Gasteiger partial charge in [0.1, 0.15) is 0 Å². The number of hydrogen-bond acceptors (Lipinski definition) is 2. The molecular weight excluding hydrogens is 214 g/mol. The van der Waals surface area contributed by atoms with Crippen molar-refractivity contribution in [2.75, 3.05) is 25.1 Å². The van der Waals surface area contributed by atoms with Crippen molar-refractivity contribution in [3.8, 4) is 0 Å². The molecule has 1 aromatic carbocycles. The second kappa shape index (κ2) is 8.36. The first kappa shape index (κ1) is 15.2. The molecule has 0 atom stereocenters. The van der Waals surface area contributed by atoms with Crippen molar-refractivity contribution in [2.45, 2.75) is 26.9 Å². The Morgan fingerprint density at radius 2 is 1.81 bits per heavy atom. The van der Waals surface area contributed by atoms with Gasteiger partial charge in [-0.3, -0.25) is 0 Å². The van der Waals surface area contributed by atoms with Crippen molar-refractivity contribution in [3.63, 3.8) is 0 Å². The van der Waals surface area contributed by atoms with Gasteiger partial charge < -0.3 is 9.33 Å². The molecule has 0 unspecified atom stereocenters. The molecule has 0 heterocycles. The fourth-order valence-electron chi connectivity index (χ4n) is 1.43. The van der Waals surface area contributed by atoms with E-state index in [9.17, 15) is 0 Å². The summed E-state index contributed by atoms with van der Waals surface area (Å²) >= 11 is 0. The Balaban J connectivity index is 0.00000225. The molecule has 3 heteroatoms. The van der Waals surface area contributed by atoms with E-state index in [-0.39, 0.29) is 7.43 Å². The summed E-state index contributed by atoms with van der Waals surface area (Å²) in [5, 5.41) is 0. The Bertz CT molecular complexity index is 264. The van der Waals surface area contributed by atoms with E-state index in [1.54, 1.807) is 0 Å². The molecule has 0 aliphatic carbocycles. The van der Waals surface area contributed by atoms with Gasteiger partial charge in [-0.1, -0.05) is 25.6 Å². The van der Waals surface area contributed by atoms with Crippen LogP contribution in [0.1, 0.15) is 13.8 Å². The summed E-state index contributed by atoms with van der Waals surface area (Å²) in [6, 6.07) is 10.5. The standard InChI is InChI=1S/C12H21NOSi.CH4/c1-13(10-7-11-14-15(2)3)12-8-5-4-6-9-12;/h4-6,8-9,15H,7,10-11H2,1-3H3;1H4. The van der Waals surface area contributed by atoms with Crippen LogP contribution in [-0.4, -0.2) is 29.2 Å². The van der Waals surface area contributed by atoms with E-state index in [0.717, 1.165) is 19.6 Å². The topological polar surface area (TPSA) is 12.5 Å². The van der Waals surface area contributed by atoms with Crippen LogP contribution in [0.4, 0.5) is 5.69 Å². The zero-order chi connectivity index (χ0) is 11.1. The number of hydrogen-bond donors (Lipinski definition) is 0. The maximum Gasteiger partial charge on any atom is 0.170 e. The predicted molar refractivity (Wildman–Crippen MR) is 75.9 cm³/mol. The summed E-state index contributed by atoms with van der Waals surface area (Å²) < 4.78 is 5.64. The van der Waals surface area contributed by atoms with Crippen LogP contribution in [0, 0.1) is 0 Å². The minimum Gasteiger partial charge on any atom is -0.421 e. The highest BCUT2D eigenvalue weighted by molar-refractivity contribution is 6.48. The first-order valence-electron chi connectivity index (χ1n) is 5.58. The molecule has 1 rings (SSSR count). The fraction of sp³-hybridized carbons (Fsp3) is 0.538. The number of para-hydroxylation sites is 1. The van der Waals surface area contributed by atoms with E-state index >= 15 is 0 Å². The Hall–Kier alpha value is -0.803. The van der Waals surface area contributed by atoms with Crippen molar-refractivity contribution < 1.29 is 4.43 Å². The second-order valence-corrected chi connectivity index (χ2v) is 6.46. The van der Waals surface area contributed by atoms with Crippen molar-refractivity contribution in [1.29, 1.82) is 0 Å². The zero-order valence-electron chi connectivity index (χ0n) is 9.94. The summed E-state index contributed by atoms with van der Waals surface area (Å²) in [6.07, 6.45) is 1.11. The Labute approximate surface area is 102 Å². The lowest BCUT2D eigenvalue weighted by atomic mass is 10.3. The lowest BCUT2D eigenvalue weighted by Crippen LogP contribution is -2.20. The van der Waals surface area contributed by atoms with E-state index in [1.807, 2.05) is 6.07 Å². The van der Waals surface area contributed by atoms with Crippen LogP contribution in [0.5, 0.6) is 0 Å². The fourth-order valence-corrected chi connectivity index (χ4v) is 2.07. The molecule has 16 heavy (non-hydrogen) atoms. The molecule has 0 aliphatic heterocycles. The highest BCUT2D eigenvalue weighted by Crippen LogP contribution is 2.10. The maximum atomic E-state index is 5.64. The van der Waals surface area contributed by atoms with Gasteiger partial charge >= 0.3 is 0 Å². The molecule has 0 fully saturated rings. The summed E-state index contributed by atoms with van der Waals surface area (Å²) in [7, 11) is 1.30. The highest BCUT2D eigenvalue weighted by Gasteiger charge is 2.00. The van der Waals surface area contributed by atoms with Gasteiger partial charge in [0.05, 0.1) is 0 Å². The predicted octanol–water partition coefficient (Wildman–Crippen LogP) is 3.15. The van der Waals surface area contributed by atoms with Crippen LogP contribution < -0.4 is 4.90 Å². The lowest BCUT2D eigenvalue weighted by Gasteiger charge is -2.19. The third-order valence-corrected chi connectivity index (χ3v) is 3.19. The Kier molecular flexibility index (Phi) is 7.94. The van der Waals surface area contributed by atoms with Crippen molar-refractivity contribution in [1.82, 2.24) is 0 Å². The number of nitrogens with zero attached hydrogens (tertiary/aromatic N) is 1. The van der Waals surface area contributed by atoms with Crippen LogP contribution >= 0.6 is 0 Å². The smallest absolute Gasteiger partial charge is 0.170 e. The first-order chi connectivity index (χ1) is 7.20. The molecule has 2 nitrogen and oxygen atoms in total. The van der Waals surface area contributed by atoms with Gasteiger partial charge in [-0.25, -0.2) is 0 Å². The molecular formula is C13H25NOSi. The molecule has 0 spiro atoms. The van der Waals surface area contributed by atoms with Crippen LogP contribution in [0.2, 0.25) is 13.1 Å². The molecule has 0 N–H and O–H groups in total. The van der Waals surface area contributed by atoms with Gasteiger partial charge in [0, 0.05) is 25.9 Å². The number of benzene rings is 1. The van der Waals surface area contributed by atoms with Gasteiger partial charge in [-0.2, -0.15) is 0 Å². The third kappa shape index (κ3) is 5.93. The molecule has 1 aromatic rings. The van der Waals surface area contributed by atoms with Crippen molar-refractivity contribution >= 4 is 14.7 Å². The maximum absolute atomic E-state index is 5.64. The molecule has 0 aromatic heterocycles. The van der Waals surface area contributed by atoms with E-state index < -0.39 is 9.04 Å². The van der Waals surface area contributed by atoms with Gasteiger partial charge in [-0.05, 0) is 31.6 Å². The average Bonchev–Trinajstić information content (AvgIpc) is 2.25. The third-order valence-electron chi connectivity index (χ3n) is 2.29. The van der Waals surface area contributed by atoms with Gasteiger partial charge in [0.15, 0.2) is 9.04 Å². The largest absolute Gasteiger partial charge is 0.421 e. The molecule has 0 bridgehead atoms. The summed E-state index contributed by atoms with van der Waals surface area (Å²) in [5.41, 5.74) is 1.28. The summed E-state index contributed by atoms with van der Waals surface area (Å²) in [5.74, 6) is 0. The number of rotatable bonds is 6. The molecule has 0 amide bonds. The van der Waals surface area contributed by atoms with E-state index in [1.165, 1.54) is 5.69 Å². The molecule has 0 radical (unpaired) electrons. The quantitative estimate of drug-likeness (QED) is 0.558. The Morgan fingerprint density at radius 1 is 1.19 bits per heavy atom. The van der Waals surface area contributed by atoms with E-state index in [2.05, 4.69) is 49.3 Å². The minimum atomic E-state index is -0.826. The van der Waals surface area contributed by atoms with Gasteiger partial charge in [0.2, 0.25) is 0 Å². The average molecular weight is 239 g/mol. The van der Waals surface area contributed by atoms with Crippen LogP contribution in [0.15, 0.2) is 30.3 Å². The SMILES string of the molecule is C.CN(CCCO[SiH](C)C)c1ccccc1. The molecule has 0 saturated carbocycles. The second-order valence-electron chi connectivity index (χ2n) is 4.03. The first-order valence-corrected chi connectivity index (χ1v) is 8.36. The highest BCUT2D eigenvalue weighted by atomic mass is 28.3. The van der Waals surface area contributed by atoms with Crippen LogP contribution in [-0.2, 0) is 4.43 Å². The summed E-state index contributed by atoms with van der Waals surface area (Å²) in [4.78, 5) is 2.27. The van der Waals surface area contributed by atoms with Crippen molar-refractivity contribution in [3.05, 3.63) is 30.3 Å². The molecule has 0 saturated heterocycles. The summed E-state index contributed by atoms with van der Waals surface area (Å²) in [6.45, 7) is 6.38. The lowest BCUT2D eigenvalue weighted by molar-refractivity contribution is 0.320. The number of anilines is 1. The van der Waals surface area contributed by atoms with E-state index in [4.69, 9.17) is 4.43 Å². The van der Waals surface area contributed by atoms with E-state index in [0.29, 0.717) is 0 Å². The van der Waals surface area contributed by atoms with Gasteiger partial charge in [-0.15, -0.1) is 0 Å². The Morgan fingerprint density at radius 3 is 2.38 bits per heavy atom. The normalized spacial score (nSPS) is 10.0. The van der Waals surface area contributed by atoms with Crippen LogP contribution in [0.25, 0.3) is 0 Å². The van der Waals surface area contributed by atoms with Crippen LogP contribution in [0.3, 0.4) is 0 Å². The minimum absolute atomic E-state index is 0. The molecule has 92 valence electrons.